The summed E-state index contributed by atoms with van der Waals surface area (Å²) in [7, 11) is 0. The van der Waals surface area contributed by atoms with Gasteiger partial charge in [0.05, 0.1) is 31.7 Å². The molecule has 1 aromatic heterocycles. The number of amides is 1. The molecule has 3 saturated heterocycles. The number of piperidine rings is 3. The zero-order valence-electron chi connectivity index (χ0n) is 21.9. The fourth-order valence-corrected chi connectivity index (χ4v) is 6.08. The summed E-state index contributed by atoms with van der Waals surface area (Å²) in [6.07, 6.45) is 4.22. The molecular weight excluding hydrogens is 466 g/mol. The van der Waals surface area contributed by atoms with Crippen LogP contribution in [0.4, 0.5) is 0 Å². The third-order valence-electron chi connectivity index (χ3n) is 8.29. The molecule has 2 N–H and O–H groups in total. The zero-order chi connectivity index (χ0) is 25.6. The third-order valence-corrected chi connectivity index (χ3v) is 8.29. The molecule has 2 aromatic carbocycles. The van der Waals surface area contributed by atoms with Crippen molar-refractivity contribution in [1.82, 2.24) is 20.3 Å². The monoisotopic (exact) mass is 502 g/mol. The molecule has 194 valence electrons. The molecule has 0 saturated carbocycles. The summed E-state index contributed by atoms with van der Waals surface area (Å²) >= 11 is 0. The molecule has 4 aliphatic rings. The van der Waals surface area contributed by atoms with Crippen molar-refractivity contribution in [3.63, 3.8) is 0 Å². The van der Waals surface area contributed by atoms with Crippen molar-refractivity contribution in [2.45, 2.75) is 58.2 Å². The Morgan fingerprint density at radius 2 is 1.95 bits per heavy atom. The Balaban J connectivity index is 1.04. The molecule has 3 aromatic rings. The number of benzene rings is 2. The average molecular weight is 503 g/mol. The minimum absolute atomic E-state index is 0.0710. The number of nitrogens with one attached hydrogen (secondary N) is 2. The van der Waals surface area contributed by atoms with Crippen molar-refractivity contribution in [3.05, 3.63) is 59.8 Å². The molecule has 8 heteroatoms. The Bertz CT molecular complexity index is 1280. The molecule has 0 aliphatic carbocycles. The summed E-state index contributed by atoms with van der Waals surface area (Å²) in [6.45, 7) is 10.3. The Kier molecular flexibility index (Phi) is 6.15. The Hall–Kier alpha value is -3.39. The maximum atomic E-state index is 13.1. The van der Waals surface area contributed by atoms with E-state index in [1.165, 1.54) is 10.5 Å². The second-order valence-corrected chi connectivity index (χ2v) is 11.8. The van der Waals surface area contributed by atoms with E-state index in [1.807, 2.05) is 22.9 Å². The van der Waals surface area contributed by atoms with Crippen LogP contribution in [0.25, 0.3) is 11.3 Å². The Morgan fingerprint density at radius 3 is 2.70 bits per heavy atom. The van der Waals surface area contributed by atoms with Crippen LogP contribution in [-0.4, -0.2) is 46.8 Å². The van der Waals surface area contributed by atoms with E-state index >= 15 is 0 Å². The van der Waals surface area contributed by atoms with Crippen LogP contribution in [0.3, 0.4) is 0 Å². The van der Waals surface area contributed by atoms with Crippen molar-refractivity contribution in [3.8, 4) is 22.8 Å². The molecule has 4 aliphatic heterocycles. The van der Waals surface area contributed by atoms with Crippen LogP contribution in [0, 0.1) is 11.8 Å². The summed E-state index contributed by atoms with van der Waals surface area (Å²) < 4.78 is 12.8. The number of quaternary nitrogens is 1. The van der Waals surface area contributed by atoms with Gasteiger partial charge in [-0.3, -0.25) is 4.79 Å². The van der Waals surface area contributed by atoms with Gasteiger partial charge in [-0.25, -0.2) is 4.68 Å². The largest absolute Gasteiger partial charge is 0.454 e. The highest BCUT2D eigenvalue weighted by Gasteiger charge is 2.46. The van der Waals surface area contributed by atoms with Crippen molar-refractivity contribution < 1.29 is 19.2 Å². The van der Waals surface area contributed by atoms with Crippen LogP contribution in [0.15, 0.2) is 48.7 Å². The number of hydrogen-bond acceptors (Lipinski definition) is 5. The minimum Gasteiger partial charge on any atom is -0.454 e. The molecule has 1 unspecified atom stereocenters. The quantitative estimate of drug-likeness (QED) is 0.542. The number of hydrogen-bond donors (Lipinski definition) is 2. The highest BCUT2D eigenvalue weighted by atomic mass is 16.7. The fraction of sp³-hybridized carbons (Fsp3) is 0.483. The molecule has 2 bridgehead atoms. The summed E-state index contributed by atoms with van der Waals surface area (Å²) in [6, 6.07) is 14.9. The van der Waals surface area contributed by atoms with Gasteiger partial charge in [-0.15, -0.1) is 5.10 Å². The first-order chi connectivity index (χ1) is 17.8. The van der Waals surface area contributed by atoms with Crippen molar-refractivity contribution in [2.75, 3.05) is 19.9 Å². The first kappa shape index (κ1) is 24.0. The molecule has 5 heterocycles. The number of carbonyl (C=O) groups is 1. The van der Waals surface area contributed by atoms with Gasteiger partial charge >= 0.3 is 0 Å². The van der Waals surface area contributed by atoms with E-state index in [9.17, 15) is 4.79 Å². The van der Waals surface area contributed by atoms with Gasteiger partial charge in [0.2, 0.25) is 12.7 Å². The normalized spacial score (nSPS) is 24.3. The summed E-state index contributed by atoms with van der Waals surface area (Å²) in [5.41, 5.74) is 4.48. The van der Waals surface area contributed by atoms with Gasteiger partial charge in [0, 0.05) is 24.9 Å². The number of fused-ring (bicyclic) bond motifs is 4. The molecular formula is C29H36N5O3+. The molecule has 37 heavy (non-hydrogen) atoms. The van der Waals surface area contributed by atoms with Crippen molar-refractivity contribution >= 4 is 5.91 Å². The maximum absolute atomic E-state index is 13.1. The van der Waals surface area contributed by atoms with Crippen LogP contribution in [0.2, 0.25) is 0 Å². The van der Waals surface area contributed by atoms with E-state index in [-0.39, 0.29) is 24.0 Å². The molecule has 0 spiro atoms. The van der Waals surface area contributed by atoms with Gasteiger partial charge in [-0.05, 0) is 34.6 Å². The van der Waals surface area contributed by atoms with Crippen molar-refractivity contribution in [1.29, 1.82) is 0 Å². The predicted molar refractivity (Wildman–Crippen MR) is 139 cm³/mol. The van der Waals surface area contributed by atoms with Crippen LogP contribution in [-0.2, 0) is 23.3 Å². The molecule has 3 fully saturated rings. The molecule has 0 radical (unpaired) electrons. The highest BCUT2D eigenvalue weighted by Crippen LogP contribution is 2.33. The summed E-state index contributed by atoms with van der Waals surface area (Å²) in [4.78, 5) is 14.6. The lowest BCUT2D eigenvalue weighted by atomic mass is 9.75. The molecule has 4 atom stereocenters. The summed E-state index contributed by atoms with van der Waals surface area (Å²) in [5, 5.41) is 12.1. The van der Waals surface area contributed by atoms with E-state index in [1.54, 1.807) is 0 Å². The number of nitrogens with zero attached hydrogens (tertiary/aromatic N) is 3. The SMILES string of the molecule is CC(C)(C)c1ccc(-c2cn(C[C@H]3C[C@@H]4CC[NH+]3C[C@@H]4C(=O)NCc3ccc4c(c3)OCO4)nn2)cc1. The zero-order valence-corrected chi connectivity index (χ0v) is 21.9. The fourth-order valence-electron chi connectivity index (χ4n) is 6.08. The first-order valence-corrected chi connectivity index (χ1v) is 13.4. The second-order valence-electron chi connectivity index (χ2n) is 11.8. The van der Waals surface area contributed by atoms with Crippen LogP contribution >= 0.6 is 0 Å². The first-order valence-electron chi connectivity index (χ1n) is 13.4. The van der Waals surface area contributed by atoms with E-state index in [2.05, 4.69) is 66.9 Å². The van der Waals surface area contributed by atoms with E-state index < -0.39 is 0 Å². The highest BCUT2D eigenvalue weighted by molar-refractivity contribution is 5.79. The number of aromatic nitrogens is 3. The summed E-state index contributed by atoms with van der Waals surface area (Å²) in [5.74, 6) is 2.18. The molecule has 8 nitrogen and oxygen atoms in total. The van der Waals surface area contributed by atoms with E-state index in [0.29, 0.717) is 18.5 Å². The lowest BCUT2D eigenvalue weighted by Gasteiger charge is -2.46. The van der Waals surface area contributed by atoms with Crippen molar-refractivity contribution in [2.24, 2.45) is 11.8 Å². The van der Waals surface area contributed by atoms with Crippen LogP contribution < -0.4 is 19.7 Å². The van der Waals surface area contributed by atoms with E-state index in [4.69, 9.17) is 9.47 Å². The average Bonchev–Trinajstić information content (AvgIpc) is 3.56. The standard InChI is InChI=1S/C29H35N5O3/c1-29(2,3)22-7-5-20(6-8-22)25-17-34(32-31-25)15-23-13-21-10-11-33(23)16-24(21)28(35)30-14-19-4-9-26-27(12-19)37-18-36-26/h4-9,12,17,21,23-24H,10-11,13-16,18H2,1-3H3,(H,30,35)/p+1/t21-,23+,24-/m0/s1. The number of carbonyl (C=O) groups excluding carboxylic acids is 1. The number of rotatable bonds is 6. The lowest BCUT2D eigenvalue weighted by molar-refractivity contribution is -0.945. The Morgan fingerprint density at radius 1 is 1.14 bits per heavy atom. The lowest BCUT2D eigenvalue weighted by Crippen LogP contribution is -3.20. The maximum Gasteiger partial charge on any atom is 0.231 e. The topological polar surface area (TPSA) is 82.7 Å². The van der Waals surface area contributed by atoms with Gasteiger partial charge in [0.25, 0.3) is 0 Å². The van der Waals surface area contributed by atoms with Crippen LogP contribution in [0.5, 0.6) is 11.5 Å². The third kappa shape index (κ3) is 4.94. The minimum atomic E-state index is 0.0710. The van der Waals surface area contributed by atoms with Gasteiger partial charge in [-0.1, -0.05) is 56.3 Å². The predicted octanol–water partition coefficient (Wildman–Crippen LogP) is 2.58. The molecule has 7 rings (SSSR count). The Labute approximate surface area is 217 Å². The van der Waals surface area contributed by atoms with E-state index in [0.717, 1.165) is 60.8 Å². The van der Waals surface area contributed by atoms with Gasteiger partial charge in [0.1, 0.15) is 11.7 Å². The van der Waals surface area contributed by atoms with Crippen LogP contribution in [0.1, 0.15) is 44.7 Å². The number of ether oxygens (including phenoxy) is 2. The van der Waals surface area contributed by atoms with Gasteiger partial charge in [0.15, 0.2) is 11.5 Å². The molecule has 1 amide bonds. The van der Waals surface area contributed by atoms with Gasteiger partial charge in [-0.2, -0.15) is 0 Å². The smallest absolute Gasteiger partial charge is 0.231 e. The second kappa shape index (κ2) is 9.49. The van der Waals surface area contributed by atoms with Gasteiger partial charge < -0.3 is 19.7 Å².